The van der Waals surface area contributed by atoms with E-state index in [1.165, 1.54) is 19.8 Å². The average Bonchev–Trinajstić information content (AvgIpc) is 3.18. The van der Waals surface area contributed by atoms with E-state index in [0.717, 1.165) is 24.8 Å². The van der Waals surface area contributed by atoms with E-state index in [0.29, 0.717) is 18.8 Å². The zero-order valence-corrected chi connectivity index (χ0v) is 17.1. The predicted molar refractivity (Wildman–Crippen MR) is 104 cm³/mol. The van der Waals surface area contributed by atoms with Crippen LogP contribution in [-0.2, 0) is 10.0 Å². The molecule has 0 aliphatic carbocycles. The molecule has 0 N–H and O–H groups in total. The molecule has 1 atom stereocenters. The molecular formula is C20H23F2N5O2S+2. The third-order valence-electron chi connectivity index (χ3n) is 5.22. The number of alkyl halides is 2. The molecule has 30 heavy (non-hydrogen) atoms. The van der Waals surface area contributed by atoms with Gasteiger partial charge in [0.05, 0.1) is 4.90 Å². The van der Waals surface area contributed by atoms with Crippen LogP contribution < -0.4 is 0 Å². The normalized spacial score (nSPS) is 20.3. The van der Waals surface area contributed by atoms with E-state index in [4.69, 9.17) is 0 Å². The molecule has 1 unspecified atom stereocenters. The van der Waals surface area contributed by atoms with Gasteiger partial charge in [0.1, 0.15) is 0 Å². The first-order chi connectivity index (χ1) is 14.5. The summed E-state index contributed by atoms with van der Waals surface area (Å²) in [5, 5.41) is 7.99. The van der Waals surface area contributed by atoms with E-state index in [2.05, 4.69) is 10.4 Å². The quantitative estimate of drug-likeness (QED) is 0.635. The molecule has 2 aliphatic heterocycles. The Bertz CT molecular complexity index is 1070. The number of rotatable bonds is 6. The SMILES string of the molecule is O=S(=O)(c1cccc([N+]2=NN=[N+](CC(F)F)C2c2ccccc2)c1)N1CCCCC1. The van der Waals surface area contributed by atoms with Crippen molar-refractivity contribution < 1.29 is 26.6 Å². The van der Waals surface area contributed by atoms with E-state index >= 15 is 0 Å². The molecular weight excluding hydrogens is 412 g/mol. The minimum absolute atomic E-state index is 0.163. The molecule has 0 saturated carbocycles. The molecule has 0 radical (unpaired) electrons. The molecule has 4 rings (SSSR count). The summed E-state index contributed by atoms with van der Waals surface area (Å²) in [5.74, 6) is 0. The van der Waals surface area contributed by atoms with Gasteiger partial charge in [-0.05, 0) is 29.7 Å². The summed E-state index contributed by atoms with van der Waals surface area (Å²) in [6.07, 6.45) is -0.552. The Labute approximate surface area is 174 Å². The van der Waals surface area contributed by atoms with E-state index in [-0.39, 0.29) is 4.90 Å². The summed E-state index contributed by atoms with van der Waals surface area (Å²) >= 11 is 0. The Morgan fingerprint density at radius 1 is 1.00 bits per heavy atom. The maximum Gasteiger partial charge on any atom is 0.392 e. The fraction of sp³-hybridized carbons (Fsp3) is 0.400. The van der Waals surface area contributed by atoms with Crippen LogP contribution in [0.1, 0.15) is 31.0 Å². The highest BCUT2D eigenvalue weighted by atomic mass is 32.2. The molecule has 1 fully saturated rings. The van der Waals surface area contributed by atoms with Crippen molar-refractivity contribution in [2.45, 2.75) is 36.7 Å². The fourth-order valence-electron chi connectivity index (χ4n) is 3.77. The van der Waals surface area contributed by atoms with Crippen molar-refractivity contribution in [3.8, 4) is 0 Å². The Balaban J connectivity index is 1.69. The van der Waals surface area contributed by atoms with Crippen LogP contribution in [-0.4, -0.2) is 48.2 Å². The van der Waals surface area contributed by atoms with Crippen LogP contribution >= 0.6 is 0 Å². The molecule has 2 aliphatic rings. The standard InChI is InChI=1S/C20H23F2N5O2S/c21-19(22)15-26-20(16-8-3-1-4-9-16)27(24-23-26)17-10-7-11-18(14-17)30(28,29)25-12-5-2-6-13-25/h1,3-4,7-11,14,19-20H,2,5-6,12-13,15H2/q+2. The molecule has 2 heterocycles. The molecule has 0 bridgehead atoms. The van der Waals surface area contributed by atoms with Gasteiger partial charge in [0.25, 0.3) is 6.43 Å². The summed E-state index contributed by atoms with van der Waals surface area (Å²) in [6.45, 7) is 0.431. The van der Waals surface area contributed by atoms with Crippen LogP contribution in [0.15, 0.2) is 69.9 Å². The van der Waals surface area contributed by atoms with Crippen LogP contribution in [0.25, 0.3) is 0 Å². The van der Waals surface area contributed by atoms with Crippen molar-refractivity contribution >= 4 is 15.7 Å². The Morgan fingerprint density at radius 3 is 2.43 bits per heavy atom. The van der Waals surface area contributed by atoms with E-state index in [1.807, 2.05) is 18.2 Å². The minimum Gasteiger partial charge on any atom is -0.207 e. The molecule has 0 spiro atoms. The van der Waals surface area contributed by atoms with Gasteiger partial charge in [0, 0.05) is 29.4 Å². The van der Waals surface area contributed by atoms with Gasteiger partial charge in [-0.2, -0.15) is 4.31 Å². The second-order valence-electron chi connectivity index (χ2n) is 7.28. The highest BCUT2D eigenvalue weighted by molar-refractivity contribution is 7.89. The van der Waals surface area contributed by atoms with E-state index in [1.54, 1.807) is 30.3 Å². The molecule has 2 aromatic rings. The van der Waals surface area contributed by atoms with Gasteiger partial charge in [0.15, 0.2) is 12.2 Å². The molecule has 158 valence electrons. The van der Waals surface area contributed by atoms with Gasteiger partial charge < -0.3 is 0 Å². The zero-order chi connectivity index (χ0) is 21.1. The summed E-state index contributed by atoms with van der Waals surface area (Å²) in [7, 11) is -3.63. The molecule has 1 saturated heterocycles. The van der Waals surface area contributed by atoms with Crippen molar-refractivity contribution in [3.05, 3.63) is 60.2 Å². The van der Waals surface area contributed by atoms with E-state index in [9.17, 15) is 17.2 Å². The second-order valence-corrected chi connectivity index (χ2v) is 9.22. The third kappa shape index (κ3) is 4.15. The van der Waals surface area contributed by atoms with E-state index < -0.39 is 29.2 Å². The average molecular weight is 436 g/mol. The molecule has 0 amide bonds. The number of hydrogen-bond acceptors (Lipinski definition) is 4. The summed E-state index contributed by atoms with van der Waals surface area (Å²) in [5.41, 5.74) is 1.20. The lowest BCUT2D eigenvalue weighted by atomic mass is 10.1. The molecule has 2 aromatic carbocycles. The lowest BCUT2D eigenvalue weighted by molar-refractivity contribution is -0.777. The van der Waals surface area contributed by atoms with Crippen molar-refractivity contribution in [2.24, 2.45) is 10.4 Å². The van der Waals surface area contributed by atoms with Gasteiger partial charge in [-0.1, -0.05) is 42.8 Å². The number of sulfonamides is 1. The second kappa shape index (κ2) is 8.65. The Kier molecular flexibility index (Phi) is 5.96. The monoisotopic (exact) mass is 435 g/mol. The summed E-state index contributed by atoms with van der Waals surface area (Å²) in [6, 6.07) is 15.5. The van der Waals surface area contributed by atoms with Crippen LogP contribution in [0, 0.1) is 0 Å². The largest absolute Gasteiger partial charge is 0.392 e. The Morgan fingerprint density at radius 2 is 1.73 bits per heavy atom. The van der Waals surface area contributed by atoms with Gasteiger partial charge in [-0.3, -0.25) is 0 Å². The maximum absolute atomic E-state index is 13.1. The van der Waals surface area contributed by atoms with Crippen molar-refractivity contribution in [1.82, 2.24) is 4.31 Å². The van der Waals surface area contributed by atoms with Gasteiger partial charge >= 0.3 is 16.6 Å². The zero-order valence-electron chi connectivity index (χ0n) is 16.3. The number of hydrogen-bond donors (Lipinski definition) is 0. The first-order valence-electron chi connectivity index (χ1n) is 9.87. The molecule has 10 heteroatoms. The Hall–Kier alpha value is -2.59. The number of benzene rings is 2. The van der Waals surface area contributed by atoms with Crippen LogP contribution in [0.5, 0.6) is 0 Å². The highest BCUT2D eigenvalue weighted by Gasteiger charge is 2.45. The highest BCUT2D eigenvalue weighted by Crippen LogP contribution is 2.33. The number of piperidine rings is 1. The lowest BCUT2D eigenvalue weighted by Crippen LogP contribution is -2.35. The number of halogens is 2. The van der Waals surface area contributed by atoms with Gasteiger partial charge in [-0.25, -0.2) is 17.2 Å². The van der Waals surface area contributed by atoms with Crippen molar-refractivity contribution in [1.29, 1.82) is 0 Å². The first kappa shape index (κ1) is 20.7. The smallest absolute Gasteiger partial charge is 0.207 e. The molecule has 0 aromatic heterocycles. The number of nitrogens with zero attached hydrogens (tertiary/aromatic N) is 5. The molecule has 7 nitrogen and oxygen atoms in total. The van der Waals surface area contributed by atoms with Crippen LogP contribution in [0.4, 0.5) is 14.5 Å². The van der Waals surface area contributed by atoms with Gasteiger partial charge in [-0.15, -0.1) is 0 Å². The first-order valence-corrected chi connectivity index (χ1v) is 11.3. The minimum atomic E-state index is -3.63. The lowest BCUT2D eigenvalue weighted by Gasteiger charge is -2.25. The van der Waals surface area contributed by atoms with Crippen molar-refractivity contribution in [3.63, 3.8) is 0 Å². The van der Waals surface area contributed by atoms with Crippen LogP contribution in [0.3, 0.4) is 0 Å². The topological polar surface area (TPSA) is 68.1 Å². The maximum atomic E-state index is 13.1. The summed E-state index contributed by atoms with van der Waals surface area (Å²) in [4.78, 5) is 0.163. The van der Waals surface area contributed by atoms with Crippen LogP contribution in [0.2, 0.25) is 0 Å². The fourth-order valence-corrected chi connectivity index (χ4v) is 5.33. The third-order valence-corrected chi connectivity index (χ3v) is 7.12. The predicted octanol–water partition coefficient (Wildman–Crippen LogP) is 4.31. The van der Waals surface area contributed by atoms with Gasteiger partial charge in [0.2, 0.25) is 10.0 Å². The summed E-state index contributed by atoms with van der Waals surface area (Å²) < 4.78 is 56.5. The van der Waals surface area contributed by atoms with Crippen molar-refractivity contribution in [2.75, 3.05) is 19.6 Å².